The van der Waals surface area contributed by atoms with Crippen molar-refractivity contribution in [2.45, 2.75) is 38.6 Å². The van der Waals surface area contributed by atoms with Crippen molar-refractivity contribution in [3.05, 3.63) is 72.2 Å². The standard InChI is InChI=1S/C25H29FN4O/c1-19-8-5-6-16-29(19)17-7-15-27-25(31)24-18-23(20-11-13-21(26)14-12-20)28-30(24)22-9-3-2-4-10-22/h2-4,9-14,18-19H,5-8,15-17H2,1H3,(H,27,31)/p+1/t19-/m0/s1. The van der Waals surface area contributed by atoms with Crippen molar-refractivity contribution < 1.29 is 14.1 Å². The zero-order chi connectivity index (χ0) is 21.6. The first-order valence-corrected chi connectivity index (χ1v) is 11.2. The van der Waals surface area contributed by atoms with Crippen molar-refractivity contribution in [3.8, 4) is 16.9 Å². The van der Waals surface area contributed by atoms with Crippen LogP contribution in [-0.2, 0) is 0 Å². The molecule has 0 aliphatic carbocycles. The van der Waals surface area contributed by atoms with Crippen LogP contribution < -0.4 is 10.2 Å². The molecule has 2 N–H and O–H groups in total. The summed E-state index contributed by atoms with van der Waals surface area (Å²) in [5.74, 6) is -0.444. The molecule has 1 aliphatic rings. The van der Waals surface area contributed by atoms with Gasteiger partial charge in [-0.15, -0.1) is 0 Å². The van der Waals surface area contributed by atoms with Gasteiger partial charge in [0.15, 0.2) is 0 Å². The largest absolute Gasteiger partial charge is 0.350 e. The molecule has 162 valence electrons. The highest BCUT2D eigenvalue weighted by atomic mass is 19.1. The second kappa shape index (κ2) is 9.88. The summed E-state index contributed by atoms with van der Waals surface area (Å²) in [6.07, 6.45) is 4.88. The Morgan fingerprint density at radius 2 is 1.94 bits per heavy atom. The minimum atomic E-state index is -0.297. The van der Waals surface area contributed by atoms with Crippen molar-refractivity contribution >= 4 is 5.91 Å². The van der Waals surface area contributed by atoms with E-state index in [9.17, 15) is 9.18 Å². The molecule has 0 saturated carbocycles. The summed E-state index contributed by atoms with van der Waals surface area (Å²) in [6, 6.07) is 18.2. The Labute approximate surface area is 182 Å². The lowest BCUT2D eigenvalue weighted by molar-refractivity contribution is -0.928. The van der Waals surface area contributed by atoms with Gasteiger partial charge in [-0.25, -0.2) is 9.07 Å². The van der Waals surface area contributed by atoms with Crippen molar-refractivity contribution in [2.75, 3.05) is 19.6 Å². The number of halogens is 1. The summed E-state index contributed by atoms with van der Waals surface area (Å²) in [4.78, 5) is 14.7. The number of hydrogen-bond donors (Lipinski definition) is 2. The molecule has 5 nitrogen and oxygen atoms in total. The molecule has 1 aliphatic heterocycles. The third kappa shape index (κ3) is 5.20. The van der Waals surface area contributed by atoms with Gasteiger partial charge in [0, 0.05) is 18.5 Å². The summed E-state index contributed by atoms with van der Waals surface area (Å²) in [5.41, 5.74) is 2.70. The lowest BCUT2D eigenvalue weighted by atomic mass is 10.0. The summed E-state index contributed by atoms with van der Waals surface area (Å²) in [6.45, 7) is 5.28. The molecule has 1 unspecified atom stereocenters. The van der Waals surface area contributed by atoms with Crippen LogP contribution in [0.4, 0.5) is 4.39 Å². The number of nitrogens with one attached hydrogen (secondary N) is 2. The predicted molar refractivity (Wildman–Crippen MR) is 120 cm³/mol. The fourth-order valence-electron chi connectivity index (χ4n) is 4.30. The summed E-state index contributed by atoms with van der Waals surface area (Å²) in [5, 5.41) is 7.71. The molecule has 31 heavy (non-hydrogen) atoms. The van der Waals surface area contributed by atoms with E-state index in [1.54, 1.807) is 27.8 Å². The van der Waals surface area contributed by atoms with E-state index in [-0.39, 0.29) is 11.7 Å². The van der Waals surface area contributed by atoms with E-state index in [4.69, 9.17) is 0 Å². The zero-order valence-corrected chi connectivity index (χ0v) is 18.0. The highest BCUT2D eigenvalue weighted by Gasteiger charge is 2.21. The molecule has 0 radical (unpaired) electrons. The second-order valence-corrected chi connectivity index (χ2v) is 8.33. The topological polar surface area (TPSA) is 51.4 Å². The number of rotatable bonds is 7. The number of amides is 1. The number of aromatic nitrogens is 2. The molecule has 3 aromatic rings. The summed E-state index contributed by atoms with van der Waals surface area (Å²) >= 11 is 0. The number of hydrogen-bond acceptors (Lipinski definition) is 2. The normalized spacial score (nSPS) is 18.6. The highest BCUT2D eigenvalue weighted by Crippen LogP contribution is 2.22. The van der Waals surface area contributed by atoms with Gasteiger partial charge in [0.25, 0.3) is 5.91 Å². The van der Waals surface area contributed by atoms with Crippen LogP contribution in [0.2, 0.25) is 0 Å². The second-order valence-electron chi connectivity index (χ2n) is 8.33. The first-order chi connectivity index (χ1) is 15.1. The molecule has 1 amide bonds. The first-order valence-electron chi connectivity index (χ1n) is 11.2. The summed E-state index contributed by atoms with van der Waals surface area (Å²) < 4.78 is 15.0. The smallest absolute Gasteiger partial charge is 0.270 e. The van der Waals surface area contributed by atoms with Gasteiger partial charge in [-0.2, -0.15) is 5.10 Å². The first kappa shape index (κ1) is 21.2. The van der Waals surface area contributed by atoms with Crippen LogP contribution in [0.3, 0.4) is 0 Å². The predicted octanol–water partition coefficient (Wildman–Crippen LogP) is 3.26. The van der Waals surface area contributed by atoms with E-state index >= 15 is 0 Å². The van der Waals surface area contributed by atoms with E-state index in [2.05, 4.69) is 17.3 Å². The van der Waals surface area contributed by atoms with Crippen molar-refractivity contribution in [1.82, 2.24) is 15.1 Å². The van der Waals surface area contributed by atoms with Crippen molar-refractivity contribution in [1.29, 1.82) is 0 Å². The quantitative estimate of drug-likeness (QED) is 0.576. The molecule has 1 saturated heterocycles. The van der Waals surface area contributed by atoms with Crippen molar-refractivity contribution in [2.24, 2.45) is 0 Å². The third-order valence-electron chi connectivity index (χ3n) is 6.12. The molecule has 2 aromatic carbocycles. The Kier molecular flexibility index (Phi) is 6.77. The van der Waals surface area contributed by atoms with Gasteiger partial charge in [0.2, 0.25) is 0 Å². The van der Waals surface area contributed by atoms with Crippen LogP contribution in [0.5, 0.6) is 0 Å². The fraction of sp³-hybridized carbons (Fsp3) is 0.360. The van der Waals surface area contributed by atoms with Crippen LogP contribution in [0, 0.1) is 5.82 Å². The minimum absolute atomic E-state index is 0.147. The maximum absolute atomic E-state index is 13.3. The fourth-order valence-corrected chi connectivity index (χ4v) is 4.30. The van der Waals surface area contributed by atoms with Crippen LogP contribution in [-0.4, -0.2) is 41.4 Å². The highest BCUT2D eigenvalue weighted by molar-refractivity contribution is 5.94. The SMILES string of the molecule is C[C@H]1CCCC[NH+]1CCCNC(=O)c1cc(-c2ccc(F)cc2)nn1-c1ccccc1. The van der Waals surface area contributed by atoms with E-state index in [0.717, 1.165) is 24.2 Å². The lowest BCUT2D eigenvalue weighted by Crippen LogP contribution is -3.16. The number of piperidine rings is 1. The molecule has 1 aromatic heterocycles. The average molecular weight is 422 g/mol. The number of nitrogens with zero attached hydrogens (tertiary/aromatic N) is 2. The number of benzene rings is 2. The van der Waals surface area contributed by atoms with Crippen LogP contribution in [0.15, 0.2) is 60.7 Å². The molecule has 6 heteroatoms. The zero-order valence-electron chi connectivity index (χ0n) is 18.0. The van der Waals surface area contributed by atoms with Gasteiger partial charge in [0.1, 0.15) is 11.5 Å². The minimum Gasteiger partial charge on any atom is -0.350 e. The number of quaternary nitrogens is 1. The number of carbonyl (C=O) groups is 1. The Morgan fingerprint density at radius 1 is 1.16 bits per heavy atom. The van der Waals surface area contributed by atoms with E-state index in [1.165, 1.54) is 37.9 Å². The maximum atomic E-state index is 13.3. The Balaban J connectivity index is 1.47. The van der Waals surface area contributed by atoms with Gasteiger partial charge < -0.3 is 10.2 Å². The Hall–Kier alpha value is -2.99. The lowest BCUT2D eigenvalue weighted by Gasteiger charge is -2.30. The number of carbonyl (C=O) groups excluding carboxylic acids is 1. The molecule has 1 fully saturated rings. The molecule has 2 atom stereocenters. The van der Waals surface area contributed by atoms with Crippen molar-refractivity contribution in [3.63, 3.8) is 0 Å². The van der Waals surface area contributed by atoms with Gasteiger partial charge >= 0.3 is 0 Å². The Bertz CT molecular complexity index is 1000. The molecule has 0 spiro atoms. The van der Waals surface area contributed by atoms with Crippen LogP contribution >= 0.6 is 0 Å². The number of likely N-dealkylation sites (tertiary alicyclic amines) is 1. The van der Waals surface area contributed by atoms with E-state index in [0.29, 0.717) is 24.0 Å². The third-order valence-corrected chi connectivity index (χ3v) is 6.12. The molecule has 2 heterocycles. The van der Waals surface area contributed by atoms with Gasteiger partial charge in [-0.1, -0.05) is 18.2 Å². The van der Waals surface area contributed by atoms with E-state index < -0.39 is 0 Å². The van der Waals surface area contributed by atoms with Gasteiger partial charge in [-0.05, 0) is 68.7 Å². The van der Waals surface area contributed by atoms with Crippen LogP contribution in [0.1, 0.15) is 43.1 Å². The number of para-hydroxylation sites is 1. The molecule has 4 rings (SSSR count). The Morgan fingerprint density at radius 3 is 2.68 bits per heavy atom. The van der Waals surface area contributed by atoms with E-state index in [1.807, 2.05) is 30.3 Å². The monoisotopic (exact) mass is 421 g/mol. The summed E-state index contributed by atoms with van der Waals surface area (Å²) in [7, 11) is 0. The van der Waals surface area contributed by atoms with Crippen LogP contribution in [0.25, 0.3) is 16.9 Å². The molecular formula is C25H30FN4O+. The van der Waals surface area contributed by atoms with Gasteiger partial charge in [0.05, 0.1) is 30.5 Å². The van der Waals surface area contributed by atoms with Gasteiger partial charge in [-0.3, -0.25) is 4.79 Å². The maximum Gasteiger partial charge on any atom is 0.270 e. The molecular weight excluding hydrogens is 391 g/mol. The average Bonchev–Trinajstić information content (AvgIpc) is 3.24. The molecule has 0 bridgehead atoms.